The fourth-order valence-corrected chi connectivity index (χ4v) is 3.53. The SMILES string of the molecule is CC(C)(CNC(=O)CSCc1ccncc1)c1cccs1. The van der Waals surface area contributed by atoms with Crippen LogP contribution in [0.5, 0.6) is 0 Å². The molecule has 0 bridgehead atoms. The minimum atomic E-state index is -0.0143. The van der Waals surface area contributed by atoms with Crippen LogP contribution in [0.1, 0.15) is 24.3 Å². The minimum Gasteiger partial charge on any atom is -0.354 e. The zero-order valence-electron chi connectivity index (χ0n) is 12.3. The van der Waals surface area contributed by atoms with Gasteiger partial charge < -0.3 is 5.32 Å². The van der Waals surface area contributed by atoms with Crippen LogP contribution in [0.15, 0.2) is 42.0 Å². The van der Waals surface area contributed by atoms with E-state index in [-0.39, 0.29) is 11.3 Å². The Kier molecular flexibility index (Phi) is 5.82. The second-order valence-corrected chi connectivity index (χ2v) is 7.42. The van der Waals surface area contributed by atoms with E-state index in [9.17, 15) is 4.79 Å². The lowest BCUT2D eigenvalue weighted by atomic mass is 9.91. The summed E-state index contributed by atoms with van der Waals surface area (Å²) in [5, 5.41) is 5.10. The molecule has 0 aliphatic heterocycles. The molecule has 0 unspecified atom stereocenters. The smallest absolute Gasteiger partial charge is 0.230 e. The van der Waals surface area contributed by atoms with E-state index in [1.54, 1.807) is 35.5 Å². The molecule has 1 N–H and O–H groups in total. The molecule has 21 heavy (non-hydrogen) atoms. The van der Waals surface area contributed by atoms with Gasteiger partial charge in [0.1, 0.15) is 0 Å². The van der Waals surface area contributed by atoms with Crippen LogP contribution in [0, 0.1) is 0 Å². The average molecular weight is 320 g/mol. The fraction of sp³-hybridized carbons (Fsp3) is 0.375. The molecule has 5 heteroatoms. The van der Waals surface area contributed by atoms with E-state index >= 15 is 0 Å². The van der Waals surface area contributed by atoms with Crippen LogP contribution in [-0.4, -0.2) is 23.2 Å². The summed E-state index contributed by atoms with van der Waals surface area (Å²) in [4.78, 5) is 17.2. The summed E-state index contributed by atoms with van der Waals surface area (Å²) in [5.41, 5.74) is 1.18. The largest absolute Gasteiger partial charge is 0.354 e. The molecule has 2 aromatic rings. The standard InChI is InChI=1S/C16H20N2OS2/c1-16(2,14-4-3-9-21-14)12-18-15(19)11-20-10-13-5-7-17-8-6-13/h3-9H,10-12H2,1-2H3,(H,18,19). The highest BCUT2D eigenvalue weighted by molar-refractivity contribution is 7.99. The van der Waals surface area contributed by atoms with Crippen molar-refractivity contribution in [1.29, 1.82) is 0 Å². The van der Waals surface area contributed by atoms with E-state index in [4.69, 9.17) is 0 Å². The summed E-state index contributed by atoms with van der Waals surface area (Å²) < 4.78 is 0. The number of carbonyl (C=O) groups is 1. The van der Waals surface area contributed by atoms with Crippen LogP contribution in [0.25, 0.3) is 0 Å². The number of hydrogen-bond acceptors (Lipinski definition) is 4. The first-order chi connectivity index (χ1) is 10.1. The number of amides is 1. The van der Waals surface area contributed by atoms with Gasteiger partial charge in [0.05, 0.1) is 5.75 Å². The Labute approximate surface area is 134 Å². The zero-order valence-corrected chi connectivity index (χ0v) is 14.0. The summed E-state index contributed by atoms with van der Waals surface area (Å²) in [6, 6.07) is 8.12. The van der Waals surface area contributed by atoms with Crippen molar-refractivity contribution < 1.29 is 4.79 Å². The molecule has 0 radical (unpaired) electrons. The number of pyridine rings is 1. The van der Waals surface area contributed by atoms with Crippen molar-refractivity contribution >= 4 is 29.0 Å². The van der Waals surface area contributed by atoms with Crippen molar-refractivity contribution in [1.82, 2.24) is 10.3 Å². The Morgan fingerprint density at radius 3 is 2.76 bits per heavy atom. The van der Waals surface area contributed by atoms with Crippen LogP contribution >= 0.6 is 23.1 Å². The third kappa shape index (κ3) is 5.17. The molecule has 0 atom stereocenters. The second kappa shape index (κ2) is 7.61. The number of aromatic nitrogens is 1. The van der Waals surface area contributed by atoms with Crippen LogP contribution in [0.3, 0.4) is 0 Å². The van der Waals surface area contributed by atoms with E-state index in [1.807, 2.05) is 18.2 Å². The van der Waals surface area contributed by atoms with Gasteiger partial charge >= 0.3 is 0 Å². The third-order valence-electron chi connectivity index (χ3n) is 3.17. The summed E-state index contributed by atoms with van der Waals surface area (Å²) in [5.74, 6) is 1.42. The highest BCUT2D eigenvalue weighted by Gasteiger charge is 2.22. The van der Waals surface area contributed by atoms with Crippen LogP contribution in [0.4, 0.5) is 0 Å². The maximum absolute atomic E-state index is 11.9. The Balaban J connectivity index is 1.70. The molecule has 0 saturated carbocycles. The van der Waals surface area contributed by atoms with Gasteiger partial charge in [0.15, 0.2) is 0 Å². The number of nitrogens with one attached hydrogen (secondary N) is 1. The highest BCUT2D eigenvalue weighted by Crippen LogP contribution is 2.26. The average Bonchev–Trinajstić information content (AvgIpc) is 3.01. The second-order valence-electron chi connectivity index (χ2n) is 5.49. The normalized spacial score (nSPS) is 11.3. The molecule has 0 aliphatic carbocycles. The summed E-state index contributed by atoms with van der Waals surface area (Å²) in [6.07, 6.45) is 3.55. The van der Waals surface area contributed by atoms with Crippen LogP contribution < -0.4 is 5.32 Å². The molecule has 3 nitrogen and oxygen atoms in total. The van der Waals surface area contributed by atoms with Gasteiger partial charge in [-0.3, -0.25) is 9.78 Å². The van der Waals surface area contributed by atoms with E-state index in [1.165, 1.54) is 10.4 Å². The Hall–Kier alpha value is -1.33. The lowest BCUT2D eigenvalue weighted by Gasteiger charge is -2.23. The first kappa shape index (κ1) is 16.0. The van der Waals surface area contributed by atoms with Gasteiger partial charge in [-0.1, -0.05) is 19.9 Å². The van der Waals surface area contributed by atoms with Crippen LogP contribution in [0.2, 0.25) is 0 Å². The van der Waals surface area contributed by atoms with Crippen LogP contribution in [-0.2, 0) is 16.0 Å². The number of thiophene rings is 1. The monoisotopic (exact) mass is 320 g/mol. The van der Waals surface area contributed by atoms with Gasteiger partial charge in [0, 0.05) is 35.0 Å². The maximum Gasteiger partial charge on any atom is 0.230 e. The molecule has 0 aromatic carbocycles. The van der Waals surface area contributed by atoms with E-state index in [0.29, 0.717) is 12.3 Å². The fourth-order valence-electron chi connectivity index (χ4n) is 1.86. The molecule has 0 saturated heterocycles. The number of nitrogens with zero attached hydrogens (tertiary/aromatic N) is 1. The lowest BCUT2D eigenvalue weighted by molar-refractivity contribution is -0.118. The third-order valence-corrected chi connectivity index (χ3v) is 5.41. The summed E-state index contributed by atoms with van der Waals surface area (Å²) >= 11 is 3.36. The topological polar surface area (TPSA) is 42.0 Å². The van der Waals surface area contributed by atoms with Crippen molar-refractivity contribution in [3.63, 3.8) is 0 Å². The van der Waals surface area contributed by atoms with E-state index in [0.717, 1.165) is 5.75 Å². The molecule has 1 amide bonds. The van der Waals surface area contributed by atoms with Gasteiger partial charge in [-0.2, -0.15) is 0 Å². The predicted molar refractivity (Wildman–Crippen MR) is 90.8 cm³/mol. The molecule has 2 rings (SSSR count). The van der Waals surface area contributed by atoms with Crippen molar-refractivity contribution in [2.75, 3.05) is 12.3 Å². The Morgan fingerprint density at radius 1 is 1.33 bits per heavy atom. The summed E-state index contributed by atoms with van der Waals surface area (Å²) in [6.45, 7) is 4.98. The molecule has 2 aromatic heterocycles. The van der Waals surface area contributed by atoms with Gasteiger partial charge in [-0.15, -0.1) is 23.1 Å². The zero-order chi connectivity index (χ0) is 15.1. The summed E-state index contributed by atoms with van der Waals surface area (Å²) in [7, 11) is 0. The number of thioether (sulfide) groups is 1. The van der Waals surface area contributed by atoms with E-state index < -0.39 is 0 Å². The highest BCUT2D eigenvalue weighted by atomic mass is 32.2. The van der Waals surface area contributed by atoms with Crippen molar-refractivity contribution in [3.8, 4) is 0 Å². The van der Waals surface area contributed by atoms with Crippen molar-refractivity contribution in [2.45, 2.75) is 25.0 Å². The Morgan fingerprint density at radius 2 is 2.10 bits per heavy atom. The van der Waals surface area contributed by atoms with Gasteiger partial charge in [-0.05, 0) is 29.1 Å². The number of rotatable bonds is 7. The quantitative estimate of drug-likeness (QED) is 0.849. The number of hydrogen-bond donors (Lipinski definition) is 1. The molecule has 0 fully saturated rings. The molecule has 112 valence electrons. The van der Waals surface area contributed by atoms with Gasteiger partial charge in [-0.25, -0.2) is 0 Å². The van der Waals surface area contributed by atoms with E-state index in [2.05, 4.69) is 35.6 Å². The first-order valence-electron chi connectivity index (χ1n) is 6.85. The minimum absolute atomic E-state index is 0.0143. The molecule has 2 heterocycles. The maximum atomic E-state index is 11.9. The lowest BCUT2D eigenvalue weighted by Crippen LogP contribution is -2.37. The molecule has 0 aliphatic rings. The molecular formula is C16H20N2OS2. The Bertz CT molecular complexity index is 553. The predicted octanol–water partition coefficient (Wildman–Crippen LogP) is 3.47. The van der Waals surface area contributed by atoms with Gasteiger partial charge in [0.25, 0.3) is 0 Å². The van der Waals surface area contributed by atoms with Crippen molar-refractivity contribution in [2.24, 2.45) is 0 Å². The van der Waals surface area contributed by atoms with Crippen molar-refractivity contribution in [3.05, 3.63) is 52.5 Å². The van der Waals surface area contributed by atoms with Gasteiger partial charge in [0.2, 0.25) is 5.91 Å². The number of carbonyl (C=O) groups excluding carboxylic acids is 1. The molecule has 0 spiro atoms. The first-order valence-corrected chi connectivity index (χ1v) is 8.89. The molecular weight excluding hydrogens is 300 g/mol.